The van der Waals surface area contributed by atoms with Crippen LogP contribution in [0.1, 0.15) is 50.3 Å². The maximum atomic E-state index is 2.77. The van der Waals surface area contributed by atoms with E-state index in [1.807, 2.05) is 0 Å². The molecule has 5 aromatic rings. The molecule has 3 unspecified atom stereocenters. The van der Waals surface area contributed by atoms with Gasteiger partial charge in [0, 0.05) is 33.6 Å². The minimum Gasteiger partial charge on any atom is -0.358 e. The molecule has 1 aliphatic carbocycles. The lowest BCUT2D eigenvalue weighted by molar-refractivity contribution is 0.166. The maximum Gasteiger partial charge on any atom is 0.0632 e. The zero-order valence-electron chi connectivity index (χ0n) is 21.0. The van der Waals surface area contributed by atoms with Crippen molar-refractivity contribution < 1.29 is 0 Å². The van der Waals surface area contributed by atoms with E-state index in [-0.39, 0.29) is 11.0 Å². The summed E-state index contributed by atoms with van der Waals surface area (Å²) >= 11 is 0. The third-order valence-electron chi connectivity index (χ3n) is 9.36. The zero-order valence-corrected chi connectivity index (χ0v) is 21.0. The number of benzene rings is 4. The molecule has 4 aromatic carbocycles. The molecule has 0 N–H and O–H groups in total. The first kappa shape index (κ1) is 20.8. The summed E-state index contributed by atoms with van der Waals surface area (Å²) < 4.78 is 2.42. The first-order valence-corrected chi connectivity index (χ1v) is 12.9. The number of rotatable bonds is 2. The van der Waals surface area contributed by atoms with Crippen LogP contribution in [-0.2, 0) is 11.0 Å². The SMILES string of the molecule is Cc1cc2c(cc1N1C(C)C3(C)CCC1(C)c1ccccc13)c1ccccc1n2-c1ccccc1. The van der Waals surface area contributed by atoms with Gasteiger partial charge in [0.05, 0.1) is 16.6 Å². The first-order valence-electron chi connectivity index (χ1n) is 12.9. The van der Waals surface area contributed by atoms with Crippen molar-refractivity contribution >= 4 is 27.5 Å². The summed E-state index contributed by atoms with van der Waals surface area (Å²) in [4.78, 5) is 2.77. The molecule has 2 heteroatoms. The number of piperidine rings is 1. The highest BCUT2D eigenvalue weighted by Gasteiger charge is 2.56. The van der Waals surface area contributed by atoms with Crippen LogP contribution in [0.5, 0.6) is 0 Å². The van der Waals surface area contributed by atoms with E-state index in [4.69, 9.17) is 0 Å². The van der Waals surface area contributed by atoms with Crippen LogP contribution in [0.4, 0.5) is 5.69 Å². The van der Waals surface area contributed by atoms with Crippen LogP contribution in [0, 0.1) is 6.92 Å². The molecule has 8 rings (SSSR count). The highest BCUT2D eigenvalue weighted by Crippen LogP contribution is 2.58. The second-order valence-electron chi connectivity index (χ2n) is 11.1. The highest BCUT2D eigenvalue weighted by molar-refractivity contribution is 6.10. The van der Waals surface area contributed by atoms with Crippen LogP contribution in [0.3, 0.4) is 0 Å². The van der Waals surface area contributed by atoms with Crippen molar-refractivity contribution in [1.29, 1.82) is 0 Å². The largest absolute Gasteiger partial charge is 0.358 e. The Kier molecular flexibility index (Phi) is 4.17. The molecule has 35 heavy (non-hydrogen) atoms. The van der Waals surface area contributed by atoms with Gasteiger partial charge in [-0.25, -0.2) is 0 Å². The molecule has 174 valence electrons. The van der Waals surface area contributed by atoms with Crippen LogP contribution in [-0.4, -0.2) is 10.6 Å². The third-order valence-corrected chi connectivity index (χ3v) is 9.36. The minimum absolute atomic E-state index is 0.00397. The fourth-order valence-corrected chi connectivity index (χ4v) is 7.32. The van der Waals surface area contributed by atoms with Crippen molar-refractivity contribution in [3.05, 3.63) is 108 Å². The van der Waals surface area contributed by atoms with Gasteiger partial charge in [0.1, 0.15) is 0 Å². The van der Waals surface area contributed by atoms with Crippen molar-refractivity contribution in [3.8, 4) is 5.69 Å². The summed E-state index contributed by atoms with van der Waals surface area (Å²) in [6, 6.07) is 34.1. The fraction of sp³-hybridized carbons (Fsp3) is 0.273. The molecule has 2 nitrogen and oxygen atoms in total. The molecule has 1 aromatic heterocycles. The van der Waals surface area contributed by atoms with E-state index >= 15 is 0 Å². The molecule has 3 heterocycles. The van der Waals surface area contributed by atoms with Crippen LogP contribution >= 0.6 is 0 Å². The molecule has 0 spiro atoms. The number of hydrogen-bond donors (Lipinski definition) is 0. The van der Waals surface area contributed by atoms with Crippen molar-refractivity contribution in [2.75, 3.05) is 4.90 Å². The van der Waals surface area contributed by atoms with Gasteiger partial charge in [-0.3, -0.25) is 0 Å². The average molecular weight is 457 g/mol. The normalized spacial score (nSPS) is 25.4. The molecule has 3 atom stereocenters. The van der Waals surface area contributed by atoms with Crippen molar-refractivity contribution in [2.45, 2.75) is 57.5 Å². The highest BCUT2D eigenvalue weighted by atomic mass is 15.3. The zero-order chi connectivity index (χ0) is 23.9. The lowest BCUT2D eigenvalue weighted by atomic mass is 9.56. The van der Waals surface area contributed by atoms with Crippen LogP contribution in [0.2, 0.25) is 0 Å². The van der Waals surface area contributed by atoms with Gasteiger partial charge >= 0.3 is 0 Å². The smallest absolute Gasteiger partial charge is 0.0632 e. The van der Waals surface area contributed by atoms with E-state index in [1.165, 1.54) is 57.1 Å². The Labute approximate surface area is 207 Å². The van der Waals surface area contributed by atoms with Crippen molar-refractivity contribution in [2.24, 2.45) is 0 Å². The molecular formula is C33H32N2. The molecule has 0 amide bonds. The van der Waals surface area contributed by atoms with Crippen LogP contribution in [0.25, 0.3) is 27.5 Å². The summed E-state index contributed by atoms with van der Waals surface area (Å²) in [5.74, 6) is 0. The van der Waals surface area contributed by atoms with Gasteiger partial charge in [-0.2, -0.15) is 0 Å². The molecule has 1 fully saturated rings. The number of fused-ring (bicyclic) bond motifs is 5. The Morgan fingerprint density at radius 3 is 2.20 bits per heavy atom. The Morgan fingerprint density at radius 1 is 0.714 bits per heavy atom. The summed E-state index contributed by atoms with van der Waals surface area (Å²) in [6.45, 7) is 9.70. The number of aromatic nitrogens is 1. The number of para-hydroxylation sites is 2. The first-order chi connectivity index (χ1) is 16.9. The van der Waals surface area contributed by atoms with Crippen molar-refractivity contribution in [1.82, 2.24) is 4.57 Å². The molecule has 0 saturated carbocycles. The van der Waals surface area contributed by atoms with E-state index in [9.17, 15) is 0 Å². The van der Waals surface area contributed by atoms with Gasteiger partial charge in [0.25, 0.3) is 0 Å². The second-order valence-corrected chi connectivity index (χ2v) is 11.1. The summed E-state index contributed by atoms with van der Waals surface area (Å²) in [5.41, 5.74) is 9.72. The lowest BCUT2D eigenvalue weighted by Crippen LogP contribution is -2.65. The average Bonchev–Trinajstić information content (AvgIpc) is 3.20. The molecule has 1 saturated heterocycles. The van der Waals surface area contributed by atoms with E-state index < -0.39 is 0 Å². The van der Waals surface area contributed by atoms with Gasteiger partial charge in [-0.1, -0.05) is 67.6 Å². The number of nitrogens with zero attached hydrogens (tertiary/aromatic N) is 2. The van der Waals surface area contributed by atoms with E-state index in [2.05, 4.69) is 128 Å². The molecule has 2 bridgehead atoms. The Morgan fingerprint density at radius 2 is 1.40 bits per heavy atom. The predicted molar refractivity (Wildman–Crippen MR) is 148 cm³/mol. The topological polar surface area (TPSA) is 8.17 Å². The Balaban J connectivity index is 1.51. The quantitative estimate of drug-likeness (QED) is 0.259. The molecule has 2 aliphatic heterocycles. The van der Waals surface area contributed by atoms with Gasteiger partial charge in [0.15, 0.2) is 0 Å². The monoisotopic (exact) mass is 456 g/mol. The minimum atomic E-state index is 0.00397. The molecule has 3 aliphatic rings. The van der Waals surface area contributed by atoms with E-state index in [0.29, 0.717) is 6.04 Å². The summed E-state index contributed by atoms with van der Waals surface area (Å²) in [5, 5.41) is 2.65. The Bertz CT molecular complexity index is 1610. The van der Waals surface area contributed by atoms with Gasteiger partial charge in [-0.15, -0.1) is 0 Å². The van der Waals surface area contributed by atoms with Gasteiger partial charge in [-0.05, 0) is 80.6 Å². The van der Waals surface area contributed by atoms with Gasteiger partial charge in [0.2, 0.25) is 0 Å². The third kappa shape index (κ3) is 2.60. The standard InChI is InChI=1S/C33H32N2/c1-22-20-31-26(25-14-8-11-17-29(25)34(31)24-12-6-5-7-13-24)21-30(22)35-23(2)32(3)18-19-33(35,4)28-16-10-9-15-27(28)32/h5-17,20-21,23H,18-19H2,1-4H3. The fourth-order valence-electron chi connectivity index (χ4n) is 7.32. The number of anilines is 1. The van der Waals surface area contributed by atoms with E-state index in [0.717, 1.165) is 0 Å². The summed E-state index contributed by atoms with van der Waals surface area (Å²) in [7, 11) is 0. The second kappa shape index (κ2) is 7.01. The summed E-state index contributed by atoms with van der Waals surface area (Å²) in [6.07, 6.45) is 2.43. The van der Waals surface area contributed by atoms with E-state index in [1.54, 1.807) is 5.56 Å². The lowest BCUT2D eigenvalue weighted by Gasteiger charge is -2.63. The Hall–Kier alpha value is -3.52. The molecular weight excluding hydrogens is 424 g/mol. The van der Waals surface area contributed by atoms with Crippen LogP contribution in [0.15, 0.2) is 91.0 Å². The number of aryl methyl sites for hydroxylation is 1. The maximum absolute atomic E-state index is 2.77. The predicted octanol–water partition coefficient (Wildman–Crippen LogP) is 8.27. The number of hydrogen-bond acceptors (Lipinski definition) is 1. The van der Waals surface area contributed by atoms with Crippen LogP contribution < -0.4 is 4.90 Å². The van der Waals surface area contributed by atoms with Gasteiger partial charge < -0.3 is 9.47 Å². The molecule has 0 radical (unpaired) electrons. The van der Waals surface area contributed by atoms with Crippen molar-refractivity contribution in [3.63, 3.8) is 0 Å².